The van der Waals surface area contributed by atoms with Crippen LogP contribution in [0.25, 0.3) is 0 Å². The monoisotopic (exact) mass is 424 g/mol. The summed E-state index contributed by atoms with van der Waals surface area (Å²) in [6.45, 7) is 3.95. The number of benzene rings is 2. The minimum absolute atomic E-state index is 0.124. The summed E-state index contributed by atoms with van der Waals surface area (Å²) in [6, 6.07) is 12.4. The molecule has 152 valence electrons. The molecule has 0 aromatic heterocycles. The molecule has 0 aliphatic carbocycles. The number of nitrogens with zero attached hydrogens (tertiary/aromatic N) is 1. The number of carbonyl (C=O) groups excluding carboxylic acids is 1. The van der Waals surface area contributed by atoms with Gasteiger partial charge in [0, 0.05) is 18.1 Å². The van der Waals surface area contributed by atoms with Crippen molar-refractivity contribution in [1.82, 2.24) is 5.32 Å². The van der Waals surface area contributed by atoms with Gasteiger partial charge in [-0.1, -0.05) is 35.9 Å². The summed E-state index contributed by atoms with van der Waals surface area (Å²) in [5.41, 5.74) is 2.55. The van der Waals surface area contributed by atoms with Crippen LogP contribution in [0.3, 0.4) is 0 Å². The lowest BCUT2D eigenvalue weighted by molar-refractivity contribution is -0.121. The van der Waals surface area contributed by atoms with E-state index < -0.39 is 27.8 Å². The molecule has 2 rings (SSSR count). The summed E-state index contributed by atoms with van der Waals surface area (Å²) in [5.74, 6) is 0.550. The number of anilines is 1. The summed E-state index contributed by atoms with van der Waals surface area (Å²) in [5, 5.41) is 2.76. The van der Waals surface area contributed by atoms with E-state index >= 15 is 0 Å². The van der Waals surface area contributed by atoms with E-state index in [1.807, 2.05) is 19.1 Å². The Morgan fingerprint density at radius 1 is 1.21 bits per heavy atom. The summed E-state index contributed by atoms with van der Waals surface area (Å²) < 4.78 is 38.8. The zero-order valence-electron chi connectivity index (χ0n) is 16.2. The molecule has 5 nitrogen and oxygen atoms in total. The van der Waals surface area contributed by atoms with Crippen molar-refractivity contribution in [3.05, 3.63) is 65.5 Å². The third-order valence-electron chi connectivity index (χ3n) is 4.05. The number of hydrogen-bond acceptors (Lipinski definition) is 4. The van der Waals surface area contributed by atoms with Gasteiger partial charge in [0.15, 0.2) is 0 Å². The van der Waals surface area contributed by atoms with Crippen LogP contribution in [-0.2, 0) is 20.6 Å². The van der Waals surface area contributed by atoms with Crippen molar-refractivity contribution in [2.45, 2.75) is 25.6 Å². The summed E-state index contributed by atoms with van der Waals surface area (Å²) >= 11 is 1.68. The van der Waals surface area contributed by atoms with Gasteiger partial charge < -0.3 is 5.32 Å². The van der Waals surface area contributed by atoms with Crippen LogP contribution < -0.4 is 9.62 Å². The lowest BCUT2D eigenvalue weighted by Crippen LogP contribution is -2.48. The Bertz CT molecular complexity index is 919. The number of sulfonamides is 1. The molecule has 0 bridgehead atoms. The zero-order valence-corrected chi connectivity index (χ0v) is 17.8. The molecule has 0 aliphatic heterocycles. The molecule has 28 heavy (non-hydrogen) atoms. The first-order valence-corrected chi connectivity index (χ1v) is 11.8. The molecule has 0 unspecified atom stereocenters. The Hall–Kier alpha value is -2.06. The van der Waals surface area contributed by atoms with Gasteiger partial charge in [-0.05, 0) is 37.6 Å². The van der Waals surface area contributed by atoms with Crippen molar-refractivity contribution in [2.24, 2.45) is 0 Å². The smallest absolute Gasteiger partial charge is 0.243 e. The largest absolute Gasteiger partial charge is 0.353 e. The Balaban J connectivity index is 1.90. The minimum Gasteiger partial charge on any atom is -0.353 e. The number of halogens is 1. The molecule has 2 aromatic carbocycles. The maximum atomic E-state index is 13.5. The number of aryl methyl sites for hydroxylation is 1. The van der Waals surface area contributed by atoms with Gasteiger partial charge in [0.1, 0.15) is 11.9 Å². The average molecular weight is 425 g/mol. The molecule has 0 saturated heterocycles. The molecule has 1 amide bonds. The molecule has 0 aliphatic rings. The number of hydrogen-bond donors (Lipinski definition) is 1. The molecule has 2 aromatic rings. The first-order chi connectivity index (χ1) is 13.2. The van der Waals surface area contributed by atoms with Crippen molar-refractivity contribution >= 4 is 33.4 Å². The van der Waals surface area contributed by atoms with Crippen molar-refractivity contribution < 1.29 is 17.6 Å². The minimum atomic E-state index is -3.75. The van der Waals surface area contributed by atoms with Crippen molar-refractivity contribution in [3.8, 4) is 0 Å². The van der Waals surface area contributed by atoms with E-state index in [1.165, 1.54) is 36.2 Å². The fraction of sp³-hybridized carbons (Fsp3) is 0.350. The Morgan fingerprint density at radius 3 is 2.57 bits per heavy atom. The van der Waals surface area contributed by atoms with Crippen LogP contribution in [0.1, 0.15) is 18.1 Å². The standard InChI is InChI=1S/C20H25FN2O3S2/c1-15-6-4-7-17(12-15)14-27-11-10-22-20(24)16(2)23(28(3,25)26)19-9-5-8-18(21)13-19/h4-9,12-13,16H,10-11,14H2,1-3H3,(H,22,24)/t16-/m1/s1. The highest BCUT2D eigenvalue weighted by Crippen LogP contribution is 2.21. The first kappa shape index (κ1) is 22.2. The van der Waals surface area contributed by atoms with Crippen LogP contribution in [0.2, 0.25) is 0 Å². The predicted molar refractivity (Wildman–Crippen MR) is 114 cm³/mol. The molecule has 0 radical (unpaired) electrons. The molecule has 0 saturated carbocycles. The molecule has 1 atom stereocenters. The second-order valence-electron chi connectivity index (χ2n) is 6.55. The van der Waals surface area contributed by atoms with Gasteiger partial charge in [-0.2, -0.15) is 11.8 Å². The van der Waals surface area contributed by atoms with E-state index in [4.69, 9.17) is 0 Å². The van der Waals surface area contributed by atoms with Crippen LogP contribution in [0.5, 0.6) is 0 Å². The maximum Gasteiger partial charge on any atom is 0.243 e. The summed E-state index contributed by atoms with van der Waals surface area (Å²) in [6.07, 6.45) is 0.999. The summed E-state index contributed by atoms with van der Waals surface area (Å²) in [4.78, 5) is 12.4. The number of rotatable bonds is 9. The number of thioether (sulfide) groups is 1. The second kappa shape index (κ2) is 9.93. The maximum absolute atomic E-state index is 13.5. The lowest BCUT2D eigenvalue weighted by Gasteiger charge is -2.28. The van der Waals surface area contributed by atoms with E-state index in [0.29, 0.717) is 12.3 Å². The van der Waals surface area contributed by atoms with Crippen molar-refractivity contribution in [1.29, 1.82) is 0 Å². The van der Waals surface area contributed by atoms with E-state index in [2.05, 4.69) is 17.4 Å². The SMILES string of the molecule is Cc1cccc(CSCCNC(=O)[C@@H](C)N(c2cccc(F)c2)S(C)(=O)=O)c1. The van der Waals surface area contributed by atoms with Gasteiger partial charge in [-0.15, -0.1) is 0 Å². The third kappa shape index (κ3) is 6.53. The van der Waals surface area contributed by atoms with Crippen LogP contribution in [0, 0.1) is 12.7 Å². The van der Waals surface area contributed by atoms with Crippen molar-refractivity contribution in [3.63, 3.8) is 0 Å². The van der Waals surface area contributed by atoms with Crippen LogP contribution in [0.15, 0.2) is 48.5 Å². The van der Waals surface area contributed by atoms with E-state index in [9.17, 15) is 17.6 Å². The van der Waals surface area contributed by atoms with Gasteiger partial charge >= 0.3 is 0 Å². The van der Waals surface area contributed by atoms with Crippen LogP contribution in [-0.4, -0.2) is 38.9 Å². The molecule has 8 heteroatoms. The lowest BCUT2D eigenvalue weighted by atomic mass is 10.2. The highest BCUT2D eigenvalue weighted by Gasteiger charge is 2.29. The molecular formula is C20H25FN2O3S2. The fourth-order valence-corrected chi connectivity index (χ4v) is 4.78. The van der Waals surface area contributed by atoms with Gasteiger partial charge in [0.2, 0.25) is 15.9 Å². The normalized spacial score (nSPS) is 12.4. The number of nitrogens with one attached hydrogen (secondary N) is 1. The molecular weight excluding hydrogens is 399 g/mol. The van der Waals surface area contributed by atoms with E-state index in [0.717, 1.165) is 22.4 Å². The Morgan fingerprint density at radius 2 is 1.93 bits per heavy atom. The zero-order chi connectivity index (χ0) is 20.7. The fourth-order valence-electron chi connectivity index (χ4n) is 2.81. The summed E-state index contributed by atoms with van der Waals surface area (Å²) in [7, 11) is -3.75. The first-order valence-electron chi connectivity index (χ1n) is 8.84. The van der Waals surface area contributed by atoms with E-state index in [1.54, 1.807) is 11.8 Å². The molecule has 0 heterocycles. The molecule has 0 spiro atoms. The van der Waals surface area contributed by atoms with E-state index in [-0.39, 0.29) is 5.69 Å². The van der Waals surface area contributed by atoms with Crippen molar-refractivity contribution in [2.75, 3.05) is 22.9 Å². The van der Waals surface area contributed by atoms with Gasteiger partial charge in [0.05, 0.1) is 11.9 Å². The van der Waals surface area contributed by atoms with Gasteiger partial charge in [0.25, 0.3) is 0 Å². The van der Waals surface area contributed by atoms with Crippen LogP contribution >= 0.6 is 11.8 Å². The highest BCUT2D eigenvalue weighted by molar-refractivity contribution is 7.98. The quantitative estimate of drug-likeness (QED) is 0.627. The Kier molecular flexibility index (Phi) is 7.88. The second-order valence-corrected chi connectivity index (χ2v) is 9.51. The molecule has 1 N–H and O–H groups in total. The number of amides is 1. The topological polar surface area (TPSA) is 66.5 Å². The van der Waals surface area contributed by atoms with Gasteiger partial charge in [-0.3, -0.25) is 9.10 Å². The van der Waals surface area contributed by atoms with Crippen LogP contribution in [0.4, 0.5) is 10.1 Å². The Labute approximate surface area is 170 Å². The highest BCUT2D eigenvalue weighted by atomic mass is 32.2. The molecule has 0 fully saturated rings. The third-order valence-corrected chi connectivity index (χ3v) is 6.32. The average Bonchev–Trinajstić information content (AvgIpc) is 2.60. The number of carbonyl (C=O) groups is 1. The predicted octanol–water partition coefficient (Wildman–Crippen LogP) is 3.34. The van der Waals surface area contributed by atoms with Gasteiger partial charge in [-0.25, -0.2) is 12.8 Å².